The Morgan fingerprint density at radius 3 is 3.14 bits per heavy atom. The summed E-state index contributed by atoms with van der Waals surface area (Å²) in [6, 6.07) is 0.530. The van der Waals surface area contributed by atoms with Crippen LogP contribution in [0.5, 0.6) is 0 Å². The molecule has 1 aliphatic rings. The third kappa shape index (κ3) is 1.98. The van der Waals surface area contributed by atoms with Crippen molar-refractivity contribution in [1.82, 2.24) is 15.1 Å². The lowest BCUT2D eigenvalue weighted by molar-refractivity contribution is 0.299. The molecule has 0 radical (unpaired) electrons. The molecule has 2 heterocycles. The summed E-state index contributed by atoms with van der Waals surface area (Å²) in [6.45, 7) is 3.44. The Morgan fingerprint density at radius 2 is 2.50 bits per heavy atom. The molecule has 1 aromatic heterocycles. The molecule has 0 bridgehead atoms. The van der Waals surface area contributed by atoms with Gasteiger partial charge >= 0.3 is 0 Å². The smallest absolute Gasteiger partial charge is 0.0537 e. The van der Waals surface area contributed by atoms with Crippen LogP contribution in [0.3, 0.4) is 0 Å². The lowest BCUT2D eigenvalue weighted by Crippen LogP contribution is -2.31. The fraction of sp³-hybridized carbons (Fsp3) is 0.727. The van der Waals surface area contributed by atoms with E-state index in [0.29, 0.717) is 6.04 Å². The highest BCUT2D eigenvalue weighted by Crippen LogP contribution is 2.28. The van der Waals surface area contributed by atoms with Gasteiger partial charge in [-0.3, -0.25) is 4.68 Å². The molecule has 0 aromatic carbocycles. The van der Waals surface area contributed by atoms with Crippen molar-refractivity contribution in [3.05, 3.63) is 18.0 Å². The van der Waals surface area contributed by atoms with E-state index in [1.165, 1.54) is 24.8 Å². The van der Waals surface area contributed by atoms with Crippen molar-refractivity contribution in [3.63, 3.8) is 0 Å². The van der Waals surface area contributed by atoms with E-state index in [1.807, 2.05) is 17.9 Å². The molecule has 0 amide bonds. The third-order valence-corrected chi connectivity index (χ3v) is 3.22. The maximum atomic E-state index is 4.22. The molecule has 0 aliphatic carbocycles. The first-order valence-electron chi connectivity index (χ1n) is 5.51. The van der Waals surface area contributed by atoms with Gasteiger partial charge in [-0.05, 0) is 25.3 Å². The van der Waals surface area contributed by atoms with Gasteiger partial charge in [0.25, 0.3) is 0 Å². The van der Waals surface area contributed by atoms with E-state index in [4.69, 9.17) is 0 Å². The zero-order valence-corrected chi connectivity index (χ0v) is 9.03. The van der Waals surface area contributed by atoms with Crippen LogP contribution >= 0.6 is 0 Å². The maximum Gasteiger partial charge on any atom is 0.0537 e. The number of aryl methyl sites for hydroxylation is 1. The summed E-state index contributed by atoms with van der Waals surface area (Å²) in [5.74, 6) is 0.890. The summed E-state index contributed by atoms with van der Waals surface area (Å²) in [7, 11) is 1.98. The van der Waals surface area contributed by atoms with Crippen LogP contribution in [0.2, 0.25) is 0 Å². The highest BCUT2D eigenvalue weighted by atomic mass is 15.2. The highest BCUT2D eigenvalue weighted by molar-refractivity contribution is 5.11. The Bertz CT molecular complexity index is 292. The molecule has 1 saturated heterocycles. The Kier molecular flexibility index (Phi) is 2.87. The van der Waals surface area contributed by atoms with E-state index < -0.39 is 0 Å². The highest BCUT2D eigenvalue weighted by Gasteiger charge is 2.22. The van der Waals surface area contributed by atoms with Crippen molar-refractivity contribution in [2.24, 2.45) is 13.0 Å². The summed E-state index contributed by atoms with van der Waals surface area (Å²) < 4.78 is 1.88. The molecule has 1 aliphatic heterocycles. The van der Waals surface area contributed by atoms with Crippen molar-refractivity contribution in [1.29, 1.82) is 0 Å². The van der Waals surface area contributed by atoms with Crippen LogP contribution in [-0.2, 0) is 7.05 Å². The van der Waals surface area contributed by atoms with Crippen molar-refractivity contribution < 1.29 is 0 Å². The normalized spacial score (nSPS) is 27.9. The number of hydrogen-bond acceptors (Lipinski definition) is 2. The van der Waals surface area contributed by atoms with Gasteiger partial charge in [0.05, 0.1) is 6.20 Å². The number of nitrogens with one attached hydrogen (secondary N) is 1. The van der Waals surface area contributed by atoms with Crippen LogP contribution in [0.25, 0.3) is 0 Å². The largest absolute Gasteiger partial charge is 0.310 e. The van der Waals surface area contributed by atoms with Gasteiger partial charge < -0.3 is 5.32 Å². The van der Waals surface area contributed by atoms with E-state index in [2.05, 4.69) is 23.5 Å². The van der Waals surface area contributed by atoms with E-state index in [0.717, 1.165) is 12.5 Å². The maximum absolute atomic E-state index is 4.22. The fourth-order valence-corrected chi connectivity index (χ4v) is 2.24. The van der Waals surface area contributed by atoms with Crippen molar-refractivity contribution >= 4 is 0 Å². The lowest BCUT2D eigenvalue weighted by atomic mass is 9.88. The SMILES string of the molecule is CCC1CCNC(c2cnn(C)c2)C1. The monoisotopic (exact) mass is 193 g/mol. The average Bonchev–Trinajstić information content (AvgIpc) is 2.65. The first-order valence-corrected chi connectivity index (χ1v) is 5.51. The molecular formula is C11H19N3. The summed E-state index contributed by atoms with van der Waals surface area (Å²) in [4.78, 5) is 0. The summed E-state index contributed by atoms with van der Waals surface area (Å²) >= 11 is 0. The van der Waals surface area contributed by atoms with E-state index >= 15 is 0 Å². The molecule has 0 saturated carbocycles. The molecule has 3 heteroatoms. The van der Waals surface area contributed by atoms with Crippen molar-refractivity contribution in [2.45, 2.75) is 32.2 Å². The summed E-state index contributed by atoms with van der Waals surface area (Å²) in [5, 5.41) is 7.78. The molecule has 1 N–H and O–H groups in total. The summed E-state index contributed by atoms with van der Waals surface area (Å²) in [6.07, 6.45) is 8.00. The Balaban J connectivity index is 2.04. The minimum Gasteiger partial charge on any atom is -0.310 e. The molecule has 1 aromatic rings. The molecular weight excluding hydrogens is 174 g/mol. The number of aromatic nitrogens is 2. The van der Waals surface area contributed by atoms with Crippen LogP contribution in [0, 0.1) is 5.92 Å². The van der Waals surface area contributed by atoms with Gasteiger partial charge in [-0.25, -0.2) is 0 Å². The van der Waals surface area contributed by atoms with Crippen LogP contribution < -0.4 is 5.32 Å². The van der Waals surface area contributed by atoms with Crippen LogP contribution in [0.1, 0.15) is 37.8 Å². The molecule has 14 heavy (non-hydrogen) atoms. The number of piperidine rings is 1. The topological polar surface area (TPSA) is 29.9 Å². The standard InChI is InChI=1S/C11H19N3/c1-3-9-4-5-12-11(6-9)10-7-13-14(2)8-10/h7-9,11-12H,3-6H2,1-2H3. The van der Waals surface area contributed by atoms with Gasteiger partial charge in [-0.15, -0.1) is 0 Å². The third-order valence-electron chi connectivity index (χ3n) is 3.22. The first-order chi connectivity index (χ1) is 6.79. The average molecular weight is 193 g/mol. The number of nitrogens with zero attached hydrogens (tertiary/aromatic N) is 2. The summed E-state index contributed by atoms with van der Waals surface area (Å²) in [5.41, 5.74) is 1.34. The second-order valence-electron chi connectivity index (χ2n) is 4.25. The zero-order valence-electron chi connectivity index (χ0n) is 9.03. The fourth-order valence-electron chi connectivity index (χ4n) is 2.24. The second kappa shape index (κ2) is 4.13. The van der Waals surface area contributed by atoms with E-state index in [9.17, 15) is 0 Å². The van der Waals surface area contributed by atoms with Crippen molar-refractivity contribution in [2.75, 3.05) is 6.54 Å². The van der Waals surface area contributed by atoms with Crippen molar-refractivity contribution in [3.8, 4) is 0 Å². The van der Waals surface area contributed by atoms with Gasteiger partial charge in [0.15, 0.2) is 0 Å². The number of rotatable bonds is 2. The van der Waals surface area contributed by atoms with Gasteiger partial charge in [0.2, 0.25) is 0 Å². The molecule has 0 spiro atoms. The molecule has 78 valence electrons. The van der Waals surface area contributed by atoms with Gasteiger partial charge in [-0.1, -0.05) is 13.3 Å². The van der Waals surface area contributed by atoms with Gasteiger partial charge in [-0.2, -0.15) is 5.10 Å². The molecule has 2 rings (SSSR count). The second-order valence-corrected chi connectivity index (χ2v) is 4.25. The molecule has 3 nitrogen and oxygen atoms in total. The minimum absolute atomic E-state index is 0.530. The molecule has 2 unspecified atom stereocenters. The zero-order chi connectivity index (χ0) is 9.97. The first kappa shape index (κ1) is 9.71. The van der Waals surface area contributed by atoms with Crippen LogP contribution in [0.15, 0.2) is 12.4 Å². The molecule has 1 fully saturated rings. The molecule has 2 atom stereocenters. The predicted octanol–water partition coefficient (Wildman–Crippen LogP) is 1.87. The predicted molar refractivity (Wildman–Crippen MR) is 57.0 cm³/mol. The quantitative estimate of drug-likeness (QED) is 0.777. The Hall–Kier alpha value is -0.830. The Morgan fingerprint density at radius 1 is 1.64 bits per heavy atom. The number of hydrogen-bond donors (Lipinski definition) is 1. The van der Waals surface area contributed by atoms with E-state index in [1.54, 1.807) is 0 Å². The Labute approximate surface area is 85.5 Å². The van der Waals surface area contributed by atoms with Crippen LogP contribution in [-0.4, -0.2) is 16.3 Å². The van der Waals surface area contributed by atoms with Gasteiger partial charge in [0.1, 0.15) is 0 Å². The minimum atomic E-state index is 0.530. The lowest BCUT2D eigenvalue weighted by Gasteiger charge is -2.29. The van der Waals surface area contributed by atoms with E-state index in [-0.39, 0.29) is 0 Å². The van der Waals surface area contributed by atoms with Gasteiger partial charge in [0, 0.05) is 24.8 Å². The van der Waals surface area contributed by atoms with Crippen LogP contribution in [0.4, 0.5) is 0 Å².